The third kappa shape index (κ3) is 4.61. The van der Waals surface area contributed by atoms with Crippen molar-refractivity contribution in [2.24, 2.45) is 0 Å². The maximum absolute atomic E-state index is 13.1. The van der Waals surface area contributed by atoms with Crippen molar-refractivity contribution in [2.75, 3.05) is 0 Å². The molecule has 132 valence electrons. The van der Waals surface area contributed by atoms with Crippen LogP contribution < -0.4 is 4.74 Å². The minimum atomic E-state index is -0.498. The number of aryl methyl sites for hydroxylation is 1. The lowest BCUT2D eigenvalue weighted by Crippen LogP contribution is -1.94. The highest BCUT2D eigenvalue weighted by Gasteiger charge is 2.05. The summed E-state index contributed by atoms with van der Waals surface area (Å²) in [7, 11) is 0. The lowest BCUT2D eigenvalue weighted by atomic mass is 10.1. The summed E-state index contributed by atoms with van der Waals surface area (Å²) >= 11 is 5.71. The van der Waals surface area contributed by atoms with Crippen molar-refractivity contribution in [3.05, 3.63) is 94.2 Å². The number of carbonyl (C=O) groups excluding carboxylic acids is 1. The zero-order valence-corrected chi connectivity index (χ0v) is 14.8. The fourth-order valence-corrected chi connectivity index (χ4v) is 2.43. The molecule has 0 amide bonds. The second kappa shape index (κ2) is 8.02. The minimum Gasteiger partial charge on any atom is -0.486 e. The van der Waals surface area contributed by atoms with E-state index in [1.807, 2.05) is 19.1 Å². The Morgan fingerprint density at radius 3 is 2.65 bits per heavy atom. The molecule has 3 nitrogen and oxygen atoms in total. The van der Waals surface area contributed by atoms with Gasteiger partial charge in [-0.3, -0.25) is 4.79 Å². The van der Waals surface area contributed by atoms with E-state index < -0.39 is 5.82 Å². The van der Waals surface area contributed by atoms with Gasteiger partial charge in [-0.1, -0.05) is 41.4 Å². The molecule has 0 aliphatic rings. The van der Waals surface area contributed by atoms with E-state index in [-0.39, 0.29) is 17.4 Å². The van der Waals surface area contributed by atoms with Crippen molar-refractivity contribution in [2.45, 2.75) is 13.5 Å². The van der Waals surface area contributed by atoms with Crippen molar-refractivity contribution in [1.29, 1.82) is 0 Å². The molecule has 1 aromatic heterocycles. The molecule has 3 rings (SSSR count). The third-order valence-electron chi connectivity index (χ3n) is 3.69. The first kappa shape index (κ1) is 18.0. The third-order valence-corrected chi connectivity index (χ3v) is 3.98. The Hall–Kier alpha value is -2.85. The van der Waals surface area contributed by atoms with E-state index in [1.54, 1.807) is 30.3 Å². The molecule has 0 fully saturated rings. The molecule has 0 bridgehead atoms. The van der Waals surface area contributed by atoms with Gasteiger partial charge in [0.25, 0.3) is 0 Å². The average Bonchev–Trinajstić information content (AvgIpc) is 3.09. The van der Waals surface area contributed by atoms with E-state index in [0.29, 0.717) is 22.8 Å². The molecule has 0 aliphatic carbocycles. The van der Waals surface area contributed by atoms with Crippen LogP contribution in [0.2, 0.25) is 5.02 Å². The van der Waals surface area contributed by atoms with Crippen LogP contribution in [-0.4, -0.2) is 5.78 Å². The first-order valence-electron chi connectivity index (χ1n) is 7.97. The van der Waals surface area contributed by atoms with Crippen LogP contribution >= 0.6 is 11.6 Å². The molecule has 0 saturated heterocycles. The van der Waals surface area contributed by atoms with Gasteiger partial charge in [0, 0.05) is 11.6 Å². The van der Waals surface area contributed by atoms with Gasteiger partial charge in [0.15, 0.2) is 5.78 Å². The molecule has 2 aromatic carbocycles. The summed E-state index contributed by atoms with van der Waals surface area (Å²) in [5, 5.41) is 0.000172. The van der Waals surface area contributed by atoms with E-state index in [9.17, 15) is 9.18 Å². The average molecular weight is 371 g/mol. The highest BCUT2D eigenvalue weighted by Crippen LogP contribution is 2.22. The minimum absolute atomic E-state index is 0.000172. The Balaban J connectivity index is 1.59. The first-order valence-corrected chi connectivity index (χ1v) is 8.35. The Bertz CT molecular complexity index is 942. The first-order chi connectivity index (χ1) is 12.5. The standard InChI is InChI=1S/C21H16ClFO3/c1-14-2-4-15(5-3-14)21(24)11-9-16-6-7-18(26-16)13-25-17-8-10-20(23)19(22)12-17/h2-12H,13H2,1H3/b11-9+. The SMILES string of the molecule is Cc1ccc(C(=O)/C=C/c2ccc(COc3ccc(F)c(Cl)c3)o2)cc1. The topological polar surface area (TPSA) is 39.4 Å². The highest BCUT2D eigenvalue weighted by atomic mass is 35.5. The van der Waals surface area contributed by atoms with Gasteiger partial charge in [0.05, 0.1) is 5.02 Å². The van der Waals surface area contributed by atoms with Crippen LogP contribution in [0.15, 0.2) is 65.1 Å². The second-order valence-electron chi connectivity index (χ2n) is 5.73. The number of hydrogen-bond acceptors (Lipinski definition) is 3. The normalized spacial score (nSPS) is 11.0. The van der Waals surface area contributed by atoms with Gasteiger partial charge in [-0.15, -0.1) is 0 Å². The second-order valence-corrected chi connectivity index (χ2v) is 6.14. The van der Waals surface area contributed by atoms with E-state index in [4.69, 9.17) is 20.8 Å². The number of furan rings is 1. The Morgan fingerprint density at radius 2 is 1.92 bits per heavy atom. The summed E-state index contributed by atoms with van der Waals surface area (Å²) in [4.78, 5) is 12.1. The summed E-state index contributed by atoms with van der Waals surface area (Å²) in [6.45, 7) is 2.14. The van der Waals surface area contributed by atoms with Crippen LogP contribution in [0.3, 0.4) is 0 Å². The number of ether oxygens (including phenoxy) is 1. The number of ketones is 1. The molecule has 0 saturated carbocycles. The molecule has 0 aliphatic heterocycles. The summed E-state index contributed by atoms with van der Waals surface area (Å²) in [6, 6.07) is 15.0. The van der Waals surface area contributed by atoms with E-state index in [2.05, 4.69) is 0 Å². The molecule has 0 N–H and O–H groups in total. The lowest BCUT2D eigenvalue weighted by Gasteiger charge is -2.04. The quantitative estimate of drug-likeness (QED) is 0.403. The fourth-order valence-electron chi connectivity index (χ4n) is 2.25. The van der Waals surface area contributed by atoms with E-state index in [1.165, 1.54) is 24.3 Å². The van der Waals surface area contributed by atoms with Crippen LogP contribution in [-0.2, 0) is 6.61 Å². The van der Waals surface area contributed by atoms with Crippen LogP contribution in [0, 0.1) is 12.7 Å². The van der Waals surface area contributed by atoms with Crippen LogP contribution in [0.5, 0.6) is 5.75 Å². The predicted molar refractivity (Wildman–Crippen MR) is 99.0 cm³/mol. The molecule has 3 aromatic rings. The Morgan fingerprint density at radius 1 is 1.15 bits per heavy atom. The molecule has 0 spiro atoms. The molecule has 0 radical (unpaired) electrons. The Labute approximate surface area is 155 Å². The largest absolute Gasteiger partial charge is 0.486 e. The van der Waals surface area contributed by atoms with Gasteiger partial charge < -0.3 is 9.15 Å². The fraction of sp³-hybridized carbons (Fsp3) is 0.0952. The number of hydrogen-bond donors (Lipinski definition) is 0. The van der Waals surface area contributed by atoms with Gasteiger partial charge in [-0.05, 0) is 43.3 Å². The number of benzene rings is 2. The molecule has 0 unspecified atom stereocenters. The van der Waals surface area contributed by atoms with Gasteiger partial charge in [-0.25, -0.2) is 4.39 Å². The number of halogens is 2. The van der Waals surface area contributed by atoms with Gasteiger partial charge in [-0.2, -0.15) is 0 Å². The zero-order valence-electron chi connectivity index (χ0n) is 14.0. The van der Waals surface area contributed by atoms with Crippen molar-refractivity contribution in [3.8, 4) is 5.75 Å². The van der Waals surface area contributed by atoms with Gasteiger partial charge in [0.1, 0.15) is 29.7 Å². The maximum atomic E-state index is 13.1. The maximum Gasteiger partial charge on any atom is 0.185 e. The van der Waals surface area contributed by atoms with Crippen molar-refractivity contribution in [1.82, 2.24) is 0 Å². The summed E-state index contributed by atoms with van der Waals surface area (Å²) in [5.41, 5.74) is 1.72. The molecule has 26 heavy (non-hydrogen) atoms. The van der Waals surface area contributed by atoms with Gasteiger partial charge in [0.2, 0.25) is 0 Å². The molecular weight excluding hydrogens is 355 g/mol. The highest BCUT2D eigenvalue weighted by molar-refractivity contribution is 6.30. The lowest BCUT2D eigenvalue weighted by molar-refractivity contribution is 0.104. The zero-order chi connectivity index (χ0) is 18.5. The van der Waals surface area contributed by atoms with Crippen molar-refractivity contribution >= 4 is 23.5 Å². The number of rotatable bonds is 6. The molecule has 0 atom stereocenters. The Kier molecular flexibility index (Phi) is 5.54. The summed E-state index contributed by atoms with van der Waals surface area (Å²) < 4.78 is 24.2. The van der Waals surface area contributed by atoms with Crippen LogP contribution in [0.25, 0.3) is 6.08 Å². The van der Waals surface area contributed by atoms with E-state index >= 15 is 0 Å². The predicted octanol–water partition coefficient (Wildman–Crippen LogP) is 5.86. The van der Waals surface area contributed by atoms with Crippen molar-refractivity contribution < 1.29 is 18.3 Å². The monoisotopic (exact) mass is 370 g/mol. The van der Waals surface area contributed by atoms with Crippen molar-refractivity contribution in [3.63, 3.8) is 0 Å². The summed E-state index contributed by atoms with van der Waals surface area (Å²) in [5.74, 6) is 0.969. The van der Waals surface area contributed by atoms with Crippen LogP contribution in [0.1, 0.15) is 27.4 Å². The number of carbonyl (C=O) groups is 1. The van der Waals surface area contributed by atoms with Crippen LogP contribution in [0.4, 0.5) is 4.39 Å². The number of allylic oxidation sites excluding steroid dienone is 1. The van der Waals surface area contributed by atoms with Gasteiger partial charge >= 0.3 is 0 Å². The summed E-state index contributed by atoms with van der Waals surface area (Å²) in [6.07, 6.45) is 3.08. The smallest absolute Gasteiger partial charge is 0.185 e. The molecular formula is C21H16ClFO3. The van der Waals surface area contributed by atoms with E-state index in [0.717, 1.165) is 5.56 Å². The molecule has 1 heterocycles. The molecule has 5 heteroatoms.